The third-order valence-electron chi connectivity index (χ3n) is 2.56. The van der Waals surface area contributed by atoms with Crippen molar-refractivity contribution < 1.29 is 28.2 Å². The van der Waals surface area contributed by atoms with Gasteiger partial charge in [0, 0.05) is 0 Å². The normalized spacial score (nSPS) is 10.2. The van der Waals surface area contributed by atoms with Crippen molar-refractivity contribution in [1.82, 2.24) is 0 Å². The first-order chi connectivity index (χ1) is 9.50. The van der Waals surface area contributed by atoms with Crippen LogP contribution in [0.3, 0.4) is 0 Å². The van der Waals surface area contributed by atoms with Crippen molar-refractivity contribution in [2.75, 3.05) is 0 Å². The second-order valence-electron chi connectivity index (χ2n) is 3.83. The summed E-state index contributed by atoms with van der Waals surface area (Å²) in [5.74, 6) is -2.99. The molecule has 3 N–H and O–H groups in total. The maximum absolute atomic E-state index is 13.5. The van der Waals surface area contributed by atoms with Gasteiger partial charge in [-0.1, -0.05) is 6.07 Å². The summed E-state index contributed by atoms with van der Waals surface area (Å²) in [7, 11) is 0. The second kappa shape index (κ2) is 5.43. The minimum Gasteiger partial charge on any atom is -0.485 e. The highest BCUT2D eigenvalue weighted by Crippen LogP contribution is 2.23. The summed E-state index contributed by atoms with van der Waals surface area (Å²) < 4.78 is 23.7. The van der Waals surface area contributed by atoms with Gasteiger partial charge in [0.2, 0.25) is 0 Å². The first kappa shape index (κ1) is 13.6. The van der Waals surface area contributed by atoms with Crippen LogP contribution in [0.4, 0.5) is 4.39 Å². The fraction of sp³-hybridized carbons (Fsp3) is 0.0769. The van der Waals surface area contributed by atoms with E-state index in [0.717, 1.165) is 6.07 Å². The smallest absolute Gasteiger partial charge is 0.339 e. The summed E-state index contributed by atoms with van der Waals surface area (Å²) in [6, 6.07) is 5.04. The van der Waals surface area contributed by atoms with Crippen LogP contribution in [0, 0.1) is 5.82 Å². The molecule has 0 radical (unpaired) electrons. The van der Waals surface area contributed by atoms with Crippen LogP contribution in [-0.2, 0) is 6.61 Å². The summed E-state index contributed by atoms with van der Waals surface area (Å²) in [5.41, 5.74) is 4.61. The average molecular weight is 279 g/mol. The number of halogens is 1. The standard InChI is InChI=1S/C13H10FNO5/c14-8-2-1-3-9(11(8)12(15)16)20-6-10-7(13(17)18)4-5-19-10/h1-5H,6H2,(H2,15,16)(H,17,18). The lowest BCUT2D eigenvalue weighted by Gasteiger charge is -2.09. The molecule has 1 heterocycles. The lowest BCUT2D eigenvalue weighted by atomic mass is 10.2. The van der Waals surface area contributed by atoms with Crippen LogP contribution in [0.1, 0.15) is 26.5 Å². The van der Waals surface area contributed by atoms with Crippen LogP contribution in [0.25, 0.3) is 0 Å². The number of hydrogen-bond acceptors (Lipinski definition) is 4. The van der Waals surface area contributed by atoms with Gasteiger partial charge in [0.25, 0.3) is 5.91 Å². The maximum Gasteiger partial charge on any atom is 0.339 e. The molecule has 2 aromatic rings. The fourth-order valence-corrected chi connectivity index (χ4v) is 1.65. The van der Waals surface area contributed by atoms with Gasteiger partial charge in [-0.25, -0.2) is 9.18 Å². The van der Waals surface area contributed by atoms with Crippen LogP contribution in [-0.4, -0.2) is 17.0 Å². The number of furan rings is 1. The van der Waals surface area contributed by atoms with E-state index in [9.17, 15) is 14.0 Å². The molecule has 104 valence electrons. The number of benzene rings is 1. The second-order valence-corrected chi connectivity index (χ2v) is 3.83. The molecule has 0 fully saturated rings. The molecule has 0 spiro atoms. The molecule has 6 nitrogen and oxygen atoms in total. The van der Waals surface area contributed by atoms with Crippen molar-refractivity contribution in [2.24, 2.45) is 5.73 Å². The quantitative estimate of drug-likeness (QED) is 0.868. The monoisotopic (exact) mass is 279 g/mol. The van der Waals surface area contributed by atoms with Crippen molar-refractivity contribution >= 4 is 11.9 Å². The van der Waals surface area contributed by atoms with Crippen LogP contribution in [0.5, 0.6) is 5.75 Å². The Morgan fingerprint density at radius 1 is 1.35 bits per heavy atom. The van der Waals surface area contributed by atoms with E-state index in [2.05, 4.69) is 0 Å². The number of hydrogen-bond donors (Lipinski definition) is 2. The zero-order valence-electron chi connectivity index (χ0n) is 10.1. The summed E-state index contributed by atoms with van der Waals surface area (Å²) in [6.45, 7) is -0.266. The molecule has 1 aromatic carbocycles. The molecular formula is C13H10FNO5. The molecule has 0 atom stereocenters. The van der Waals surface area contributed by atoms with Crippen LogP contribution in [0.2, 0.25) is 0 Å². The molecule has 0 saturated carbocycles. The van der Waals surface area contributed by atoms with Gasteiger partial charge in [0.1, 0.15) is 29.3 Å². The highest BCUT2D eigenvalue weighted by molar-refractivity contribution is 5.95. The lowest BCUT2D eigenvalue weighted by Crippen LogP contribution is -2.15. The van der Waals surface area contributed by atoms with E-state index < -0.39 is 23.3 Å². The van der Waals surface area contributed by atoms with Crippen molar-refractivity contribution in [3.8, 4) is 5.75 Å². The molecule has 1 amide bonds. The van der Waals surface area contributed by atoms with Gasteiger partial charge >= 0.3 is 5.97 Å². The van der Waals surface area contributed by atoms with Crippen molar-refractivity contribution in [3.63, 3.8) is 0 Å². The molecule has 0 aliphatic rings. The fourth-order valence-electron chi connectivity index (χ4n) is 1.65. The molecule has 0 bridgehead atoms. The Labute approximate surface area is 112 Å². The number of rotatable bonds is 5. The average Bonchev–Trinajstić information content (AvgIpc) is 2.84. The number of carbonyl (C=O) groups is 2. The van der Waals surface area contributed by atoms with E-state index in [1.165, 1.54) is 24.5 Å². The predicted octanol–water partition coefficient (Wildman–Crippen LogP) is 1.79. The minimum absolute atomic E-state index is 0.0529. The largest absolute Gasteiger partial charge is 0.485 e. The summed E-state index contributed by atoms with van der Waals surface area (Å²) >= 11 is 0. The SMILES string of the molecule is NC(=O)c1c(F)cccc1OCc1occc1C(=O)O. The van der Waals surface area contributed by atoms with Gasteiger partial charge in [-0.05, 0) is 18.2 Å². The summed E-state index contributed by atoms with van der Waals surface area (Å²) in [4.78, 5) is 22.0. The van der Waals surface area contributed by atoms with E-state index in [-0.39, 0.29) is 23.7 Å². The molecule has 2 rings (SSSR count). The molecule has 0 aliphatic heterocycles. The topological polar surface area (TPSA) is 103 Å². The van der Waals surface area contributed by atoms with Gasteiger partial charge in [-0.3, -0.25) is 4.79 Å². The lowest BCUT2D eigenvalue weighted by molar-refractivity contribution is 0.0691. The Bertz CT molecular complexity index is 665. The van der Waals surface area contributed by atoms with Crippen LogP contribution in [0.15, 0.2) is 34.9 Å². The van der Waals surface area contributed by atoms with E-state index in [0.29, 0.717) is 0 Å². The number of primary amides is 1. The van der Waals surface area contributed by atoms with Crippen molar-refractivity contribution in [2.45, 2.75) is 6.61 Å². The first-order valence-electron chi connectivity index (χ1n) is 5.51. The van der Waals surface area contributed by atoms with Gasteiger partial charge in [-0.15, -0.1) is 0 Å². The van der Waals surface area contributed by atoms with Crippen LogP contribution < -0.4 is 10.5 Å². The Kier molecular flexibility index (Phi) is 3.69. The first-order valence-corrected chi connectivity index (χ1v) is 5.51. The third kappa shape index (κ3) is 2.61. The zero-order valence-corrected chi connectivity index (χ0v) is 10.1. The zero-order chi connectivity index (χ0) is 14.7. The molecular weight excluding hydrogens is 269 g/mol. The highest BCUT2D eigenvalue weighted by Gasteiger charge is 2.18. The van der Waals surface area contributed by atoms with Gasteiger partial charge in [0.15, 0.2) is 5.76 Å². The van der Waals surface area contributed by atoms with E-state index in [4.69, 9.17) is 20.0 Å². The van der Waals surface area contributed by atoms with Gasteiger partial charge < -0.3 is 20.0 Å². The number of aromatic carboxylic acids is 1. The predicted molar refractivity (Wildman–Crippen MR) is 64.9 cm³/mol. The number of nitrogens with two attached hydrogens (primary N) is 1. The number of ether oxygens (including phenoxy) is 1. The van der Waals surface area contributed by atoms with E-state index in [1.807, 2.05) is 0 Å². The number of carboxylic acids is 1. The van der Waals surface area contributed by atoms with E-state index in [1.54, 1.807) is 0 Å². The maximum atomic E-state index is 13.5. The minimum atomic E-state index is -1.17. The van der Waals surface area contributed by atoms with Crippen LogP contribution >= 0.6 is 0 Å². The van der Waals surface area contributed by atoms with Crippen molar-refractivity contribution in [1.29, 1.82) is 0 Å². The molecule has 0 saturated heterocycles. The van der Waals surface area contributed by atoms with Gasteiger partial charge in [-0.2, -0.15) is 0 Å². The van der Waals surface area contributed by atoms with Crippen molar-refractivity contribution in [3.05, 3.63) is 53.2 Å². The summed E-state index contributed by atoms with van der Waals surface area (Å²) in [6.07, 6.45) is 1.20. The highest BCUT2D eigenvalue weighted by atomic mass is 19.1. The molecule has 1 aromatic heterocycles. The van der Waals surface area contributed by atoms with Gasteiger partial charge in [0.05, 0.1) is 6.26 Å². The number of carbonyl (C=O) groups excluding carboxylic acids is 1. The van der Waals surface area contributed by atoms with E-state index >= 15 is 0 Å². The Morgan fingerprint density at radius 3 is 2.75 bits per heavy atom. The molecule has 20 heavy (non-hydrogen) atoms. The third-order valence-corrected chi connectivity index (χ3v) is 2.56. The molecule has 0 unspecified atom stereocenters. The summed E-state index contributed by atoms with van der Waals surface area (Å²) in [5, 5.41) is 8.89. The Hall–Kier alpha value is -2.83. The number of carboxylic acid groups (broad SMARTS) is 1. The Balaban J connectivity index is 2.23. The molecule has 0 aliphatic carbocycles. The number of amides is 1. The molecule has 7 heteroatoms. The Morgan fingerprint density at radius 2 is 2.10 bits per heavy atom.